The highest BCUT2D eigenvalue weighted by Gasteiger charge is 2.31. The number of rotatable bonds is 7. The van der Waals surface area contributed by atoms with Gasteiger partial charge < -0.3 is 4.42 Å². The van der Waals surface area contributed by atoms with Gasteiger partial charge in [-0.15, -0.1) is 5.10 Å². The number of amides is 1. The Balaban J connectivity index is 1.46. The molecule has 1 fully saturated rings. The van der Waals surface area contributed by atoms with Crippen molar-refractivity contribution in [2.45, 2.75) is 56.9 Å². The van der Waals surface area contributed by atoms with E-state index in [-0.39, 0.29) is 17.0 Å². The van der Waals surface area contributed by atoms with E-state index in [2.05, 4.69) is 15.5 Å². The van der Waals surface area contributed by atoms with E-state index < -0.39 is 15.9 Å². The zero-order chi connectivity index (χ0) is 23.4. The van der Waals surface area contributed by atoms with Gasteiger partial charge in [0.15, 0.2) is 0 Å². The molecule has 1 heterocycles. The number of aryl methyl sites for hydroxylation is 1. The number of benzene rings is 2. The van der Waals surface area contributed by atoms with Gasteiger partial charge in [-0.05, 0) is 56.2 Å². The van der Waals surface area contributed by atoms with Crippen molar-refractivity contribution in [3.8, 4) is 11.5 Å². The summed E-state index contributed by atoms with van der Waals surface area (Å²) in [5, 5.41) is 10.4. The van der Waals surface area contributed by atoms with Gasteiger partial charge in [-0.25, -0.2) is 8.42 Å². The number of carbonyl (C=O) groups excluding carboxylic acids is 1. The Labute approximate surface area is 194 Å². The van der Waals surface area contributed by atoms with Crippen molar-refractivity contribution >= 4 is 21.9 Å². The van der Waals surface area contributed by atoms with Gasteiger partial charge in [-0.1, -0.05) is 49.0 Å². The summed E-state index contributed by atoms with van der Waals surface area (Å²) in [5.74, 6) is -0.157. The molecule has 3 aromatic rings. The van der Waals surface area contributed by atoms with Crippen LogP contribution in [0.4, 0.5) is 6.01 Å². The van der Waals surface area contributed by atoms with Crippen LogP contribution in [-0.2, 0) is 10.0 Å². The fourth-order valence-corrected chi connectivity index (χ4v) is 5.94. The minimum atomic E-state index is -3.62. The van der Waals surface area contributed by atoms with Crippen molar-refractivity contribution in [3.63, 3.8) is 0 Å². The van der Waals surface area contributed by atoms with E-state index >= 15 is 0 Å². The van der Waals surface area contributed by atoms with Gasteiger partial charge in [0.1, 0.15) is 0 Å². The zero-order valence-electron chi connectivity index (χ0n) is 18.8. The summed E-state index contributed by atoms with van der Waals surface area (Å²) in [4.78, 5) is 12.8. The molecule has 4 rings (SSSR count). The molecular formula is C24H28N4O4S. The number of nitrogens with zero attached hydrogens (tertiary/aromatic N) is 3. The van der Waals surface area contributed by atoms with Crippen LogP contribution in [0, 0.1) is 6.92 Å². The molecule has 1 aromatic heterocycles. The second kappa shape index (κ2) is 9.84. The fraction of sp³-hybridized carbons (Fsp3) is 0.375. The molecule has 1 N–H and O–H groups in total. The summed E-state index contributed by atoms with van der Waals surface area (Å²) in [6.07, 6.45) is 5.04. The molecule has 1 saturated carbocycles. The van der Waals surface area contributed by atoms with Crippen LogP contribution in [0.5, 0.6) is 0 Å². The molecule has 33 heavy (non-hydrogen) atoms. The Kier molecular flexibility index (Phi) is 6.90. The predicted octanol–water partition coefficient (Wildman–Crippen LogP) is 4.64. The number of hydrogen-bond donors (Lipinski definition) is 1. The quantitative estimate of drug-likeness (QED) is 0.541. The van der Waals surface area contributed by atoms with Crippen LogP contribution in [0.25, 0.3) is 11.5 Å². The molecule has 2 aromatic carbocycles. The van der Waals surface area contributed by atoms with E-state index in [0.29, 0.717) is 18.0 Å². The third kappa shape index (κ3) is 5.15. The second-order valence-electron chi connectivity index (χ2n) is 8.26. The van der Waals surface area contributed by atoms with Gasteiger partial charge in [0.2, 0.25) is 15.9 Å². The molecule has 174 valence electrons. The van der Waals surface area contributed by atoms with E-state index in [0.717, 1.165) is 43.2 Å². The Morgan fingerprint density at radius 3 is 2.48 bits per heavy atom. The Bertz CT molecular complexity index is 1220. The lowest BCUT2D eigenvalue weighted by Crippen LogP contribution is -2.41. The molecule has 1 aliphatic rings. The Hall–Kier alpha value is -3.04. The van der Waals surface area contributed by atoms with Gasteiger partial charge in [0.25, 0.3) is 5.91 Å². The zero-order valence-corrected chi connectivity index (χ0v) is 19.6. The number of carbonyl (C=O) groups is 1. The van der Waals surface area contributed by atoms with Crippen LogP contribution in [0.3, 0.4) is 0 Å². The average molecular weight is 469 g/mol. The molecule has 0 spiro atoms. The van der Waals surface area contributed by atoms with Crippen LogP contribution in [-0.4, -0.2) is 41.4 Å². The highest BCUT2D eigenvalue weighted by molar-refractivity contribution is 7.89. The highest BCUT2D eigenvalue weighted by atomic mass is 32.2. The number of hydrogen-bond acceptors (Lipinski definition) is 6. The van der Waals surface area contributed by atoms with Crippen molar-refractivity contribution in [2.75, 3.05) is 11.9 Å². The summed E-state index contributed by atoms with van der Waals surface area (Å²) in [6.45, 7) is 4.25. The average Bonchev–Trinajstić information content (AvgIpc) is 3.29. The number of sulfonamides is 1. The maximum atomic E-state index is 13.2. The molecule has 0 radical (unpaired) electrons. The van der Waals surface area contributed by atoms with Crippen LogP contribution >= 0.6 is 0 Å². The molecule has 0 bridgehead atoms. The third-order valence-corrected chi connectivity index (χ3v) is 7.97. The lowest BCUT2D eigenvalue weighted by atomic mass is 9.95. The van der Waals surface area contributed by atoms with Crippen molar-refractivity contribution < 1.29 is 17.6 Å². The van der Waals surface area contributed by atoms with Crippen LogP contribution in [0.1, 0.15) is 54.9 Å². The Morgan fingerprint density at radius 2 is 1.82 bits per heavy atom. The van der Waals surface area contributed by atoms with E-state index in [1.807, 2.05) is 38.1 Å². The summed E-state index contributed by atoms with van der Waals surface area (Å²) in [5.41, 5.74) is 2.11. The van der Waals surface area contributed by atoms with Crippen molar-refractivity contribution in [1.82, 2.24) is 14.5 Å². The van der Waals surface area contributed by atoms with Crippen LogP contribution in [0.15, 0.2) is 57.8 Å². The molecule has 0 atom stereocenters. The van der Waals surface area contributed by atoms with Gasteiger partial charge in [-0.2, -0.15) is 4.31 Å². The third-order valence-electron chi connectivity index (χ3n) is 5.93. The van der Waals surface area contributed by atoms with E-state index in [4.69, 9.17) is 4.42 Å². The monoisotopic (exact) mass is 468 g/mol. The summed E-state index contributed by atoms with van der Waals surface area (Å²) < 4.78 is 33.5. The minimum absolute atomic E-state index is 0.0253. The standard InChI is InChI=1S/C24H28N4O4S/c1-3-28(20-10-5-4-6-11-20)33(30,31)21-14-12-18(13-15-21)22(29)25-24-27-26-23(32-24)19-9-7-8-17(2)16-19/h7-9,12-16,20H,3-6,10-11H2,1-2H3,(H,25,27,29). The predicted molar refractivity (Wildman–Crippen MR) is 125 cm³/mol. The molecule has 8 nitrogen and oxygen atoms in total. The normalized spacial score (nSPS) is 15.0. The van der Waals surface area contributed by atoms with E-state index in [1.54, 1.807) is 4.31 Å². The van der Waals surface area contributed by atoms with Gasteiger partial charge in [0.05, 0.1) is 4.90 Å². The first kappa shape index (κ1) is 23.1. The van der Waals surface area contributed by atoms with Crippen molar-refractivity contribution in [2.24, 2.45) is 0 Å². The topological polar surface area (TPSA) is 105 Å². The molecule has 1 amide bonds. The van der Waals surface area contributed by atoms with Gasteiger partial charge in [-0.3, -0.25) is 10.1 Å². The second-order valence-corrected chi connectivity index (χ2v) is 10.2. The first-order valence-corrected chi connectivity index (χ1v) is 12.7. The largest absolute Gasteiger partial charge is 0.403 e. The summed E-state index contributed by atoms with van der Waals surface area (Å²) >= 11 is 0. The fourth-order valence-electron chi connectivity index (χ4n) is 4.24. The smallest absolute Gasteiger partial charge is 0.322 e. The van der Waals surface area contributed by atoms with Crippen molar-refractivity contribution in [3.05, 3.63) is 59.7 Å². The first-order chi connectivity index (χ1) is 15.9. The molecular weight excluding hydrogens is 440 g/mol. The maximum absolute atomic E-state index is 13.2. The molecule has 1 aliphatic carbocycles. The maximum Gasteiger partial charge on any atom is 0.322 e. The van der Waals surface area contributed by atoms with Crippen LogP contribution in [0.2, 0.25) is 0 Å². The van der Waals surface area contributed by atoms with E-state index in [1.165, 1.54) is 24.3 Å². The molecule has 0 saturated heterocycles. The van der Waals surface area contributed by atoms with Gasteiger partial charge in [0, 0.05) is 23.7 Å². The summed E-state index contributed by atoms with van der Waals surface area (Å²) in [7, 11) is -3.62. The molecule has 0 aliphatic heterocycles. The first-order valence-electron chi connectivity index (χ1n) is 11.2. The van der Waals surface area contributed by atoms with Crippen LogP contribution < -0.4 is 5.32 Å². The minimum Gasteiger partial charge on any atom is -0.403 e. The highest BCUT2D eigenvalue weighted by Crippen LogP contribution is 2.28. The van der Waals surface area contributed by atoms with Gasteiger partial charge >= 0.3 is 6.01 Å². The number of nitrogens with one attached hydrogen (secondary N) is 1. The lowest BCUT2D eigenvalue weighted by Gasteiger charge is -2.32. The molecule has 9 heteroatoms. The SMILES string of the molecule is CCN(C1CCCCC1)S(=O)(=O)c1ccc(C(=O)Nc2nnc(-c3cccc(C)c3)o2)cc1. The lowest BCUT2D eigenvalue weighted by molar-refractivity contribution is 0.102. The molecule has 0 unspecified atom stereocenters. The summed E-state index contributed by atoms with van der Waals surface area (Å²) in [6, 6.07) is 13.5. The van der Waals surface area contributed by atoms with E-state index in [9.17, 15) is 13.2 Å². The number of aromatic nitrogens is 2. The number of anilines is 1. The Morgan fingerprint density at radius 1 is 1.09 bits per heavy atom. The van der Waals surface area contributed by atoms with Crippen molar-refractivity contribution in [1.29, 1.82) is 0 Å².